The SMILES string of the molecule is COC(=O)c1ccc(CNC(=O)COC(=O)c2ccc(C)c([N+](=O)[O-])c2)cc1. The van der Waals surface area contributed by atoms with Gasteiger partial charge >= 0.3 is 11.9 Å². The number of methoxy groups -OCH3 is 1. The zero-order chi connectivity index (χ0) is 20.7. The fourth-order valence-corrected chi connectivity index (χ4v) is 2.28. The highest BCUT2D eigenvalue weighted by molar-refractivity contribution is 5.92. The maximum absolute atomic E-state index is 12.0. The van der Waals surface area contributed by atoms with Crippen LogP contribution in [0.1, 0.15) is 31.8 Å². The summed E-state index contributed by atoms with van der Waals surface area (Å²) < 4.78 is 9.48. The Morgan fingerprint density at radius 3 is 2.29 bits per heavy atom. The smallest absolute Gasteiger partial charge is 0.338 e. The quantitative estimate of drug-likeness (QED) is 0.439. The van der Waals surface area contributed by atoms with Gasteiger partial charge in [0.2, 0.25) is 0 Å². The number of nitrogens with zero attached hydrogens (tertiary/aromatic N) is 1. The van der Waals surface area contributed by atoms with Crippen molar-refractivity contribution in [1.82, 2.24) is 5.32 Å². The van der Waals surface area contributed by atoms with Gasteiger partial charge in [0.25, 0.3) is 11.6 Å². The van der Waals surface area contributed by atoms with Crippen LogP contribution < -0.4 is 5.32 Å². The first-order valence-electron chi connectivity index (χ1n) is 8.18. The number of hydrogen-bond acceptors (Lipinski definition) is 7. The van der Waals surface area contributed by atoms with Crippen molar-refractivity contribution in [2.75, 3.05) is 13.7 Å². The Morgan fingerprint density at radius 2 is 1.68 bits per heavy atom. The summed E-state index contributed by atoms with van der Waals surface area (Å²) in [4.78, 5) is 45.5. The van der Waals surface area contributed by atoms with Crippen LogP contribution in [0.2, 0.25) is 0 Å². The topological polar surface area (TPSA) is 125 Å². The molecule has 0 aromatic heterocycles. The van der Waals surface area contributed by atoms with Crippen LogP contribution in [0.15, 0.2) is 42.5 Å². The van der Waals surface area contributed by atoms with E-state index < -0.39 is 29.4 Å². The molecule has 2 rings (SSSR count). The summed E-state index contributed by atoms with van der Waals surface area (Å²) in [6, 6.07) is 10.4. The van der Waals surface area contributed by atoms with Crippen LogP contribution in [0.4, 0.5) is 5.69 Å². The first-order chi connectivity index (χ1) is 13.3. The minimum Gasteiger partial charge on any atom is -0.465 e. The molecule has 0 fully saturated rings. The molecule has 9 heteroatoms. The van der Waals surface area contributed by atoms with Crippen molar-refractivity contribution in [3.05, 3.63) is 74.8 Å². The maximum atomic E-state index is 12.0. The fourth-order valence-electron chi connectivity index (χ4n) is 2.28. The van der Waals surface area contributed by atoms with Gasteiger partial charge < -0.3 is 14.8 Å². The number of rotatable bonds is 7. The molecule has 0 bridgehead atoms. The number of nitro groups is 1. The second-order valence-corrected chi connectivity index (χ2v) is 5.80. The summed E-state index contributed by atoms with van der Waals surface area (Å²) in [5, 5.41) is 13.5. The van der Waals surface area contributed by atoms with Gasteiger partial charge in [0.15, 0.2) is 6.61 Å². The Labute approximate surface area is 160 Å². The first-order valence-corrected chi connectivity index (χ1v) is 8.18. The Kier molecular flexibility index (Phi) is 6.80. The van der Waals surface area contributed by atoms with Crippen LogP contribution in [0.5, 0.6) is 0 Å². The molecule has 0 atom stereocenters. The predicted octanol–water partition coefficient (Wildman–Crippen LogP) is 2.16. The minimum absolute atomic E-state index is 0.0106. The third-order valence-electron chi connectivity index (χ3n) is 3.84. The summed E-state index contributed by atoms with van der Waals surface area (Å²) >= 11 is 0. The van der Waals surface area contributed by atoms with Crippen molar-refractivity contribution in [1.29, 1.82) is 0 Å². The largest absolute Gasteiger partial charge is 0.465 e. The van der Waals surface area contributed by atoms with E-state index >= 15 is 0 Å². The molecule has 0 aliphatic rings. The standard InChI is InChI=1S/C19H18N2O7/c1-12-3-6-15(9-16(12)21(25)26)19(24)28-11-17(22)20-10-13-4-7-14(8-5-13)18(23)27-2/h3-9H,10-11H2,1-2H3,(H,20,22). The van der Waals surface area contributed by atoms with Crippen molar-refractivity contribution >= 4 is 23.5 Å². The lowest BCUT2D eigenvalue weighted by Crippen LogP contribution is -2.28. The van der Waals surface area contributed by atoms with Crippen molar-refractivity contribution < 1.29 is 28.8 Å². The van der Waals surface area contributed by atoms with Gasteiger partial charge in [-0.25, -0.2) is 9.59 Å². The van der Waals surface area contributed by atoms with E-state index in [0.717, 1.165) is 11.6 Å². The highest BCUT2D eigenvalue weighted by Crippen LogP contribution is 2.19. The molecule has 0 heterocycles. The van der Waals surface area contributed by atoms with Crippen LogP contribution in [0.25, 0.3) is 0 Å². The Bertz CT molecular complexity index is 907. The van der Waals surface area contributed by atoms with Gasteiger partial charge in [-0.1, -0.05) is 18.2 Å². The molecule has 0 aliphatic carbocycles. The maximum Gasteiger partial charge on any atom is 0.338 e. The molecule has 0 unspecified atom stereocenters. The van der Waals surface area contributed by atoms with Gasteiger partial charge in [0.05, 0.1) is 23.2 Å². The van der Waals surface area contributed by atoms with Crippen molar-refractivity contribution in [2.45, 2.75) is 13.5 Å². The van der Waals surface area contributed by atoms with Gasteiger partial charge in [-0.3, -0.25) is 14.9 Å². The molecule has 2 aromatic carbocycles. The number of hydrogen-bond donors (Lipinski definition) is 1. The van der Waals surface area contributed by atoms with E-state index in [1.54, 1.807) is 31.2 Å². The molecule has 1 amide bonds. The van der Waals surface area contributed by atoms with E-state index in [4.69, 9.17) is 4.74 Å². The number of esters is 2. The molecule has 0 saturated heterocycles. The molecule has 146 valence electrons. The van der Waals surface area contributed by atoms with E-state index in [2.05, 4.69) is 10.1 Å². The highest BCUT2D eigenvalue weighted by atomic mass is 16.6. The number of benzene rings is 2. The third kappa shape index (κ3) is 5.37. The number of aryl methyl sites for hydroxylation is 1. The predicted molar refractivity (Wildman–Crippen MR) is 97.7 cm³/mol. The molecule has 0 spiro atoms. The molecule has 0 radical (unpaired) electrons. The van der Waals surface area contributed by atoms with E-state index in [1.165, 1.54) is 19.2 Å². The monoisotopic (exact) mass is 386 g/mol. The summed E-state index contributed by atoms with van der Waals surface area (Å²) in [5.41, 5.74) is 1.33. The van der Waals surface area contributed by atoms with Crippen LogP contribution in [-0.2, 0) is 20.8 Å². The average molecular weight is 386 g/mol. The summed E-state index contributed by atoms with van der Waals surface area (Å²) in [5.74, 6) is -1.83. The summed E-state index contributed by atoms with van der Waals surface area (Å²) in [6.07, 6.45) is 0. The molecule has 9 nitrogen and oxygen atoms in total. The summed E-state index contributed by atoms with van der Waals surface area (Å²) in [7, 11) is 1.28. The summed E-state index contributed by atoms with van der Waals surface area (Å²) in [6.45, 7) is 1.20. The van der Waals surface area contributed by atoms with Gasteiger partial charge in [-0.15, -0.1) is 0 Å². The second kappa shape index (κ2) is 9.26. The van der Waals surface area contributed by atoms with E-state index in [1.807, 2.05) is 0 Å². The molecular formula is C19H18N2O7. The average Bonchev–Trinajstić information content (AvgIpc) is 2.70. The van der Waals surface area contributed by atoms with E-state index in [9.17, 15) is 24.5 Å². The van der Waals surface area contributed by atoms with Gasteiger partial charge in [-0.2, -0.15) is 0 Å². The molecule has 0 saturated carbocycles. The molecule has 1 N–H and O–H groups in total. The van der Waals surface area contributed by atoms with E-state index in [-0.39, 0.29) is 17.8 Å². The number of amides is 1. The Balaban J connectivity index is 1.85. The van der Waals surface area contributed by atoms with Gasteiger partial charge in [0, 0.05) is 18.2 Å². The number of ether oxygens (including phenoxy) is 2. The van der Waals surface area contributed by atoms with Crippen LogP contribution in [-0.4, -0.2) is 36.5 Å². The number of carbonyl (C=O) groups is 3. The van der Waals surface area contributed by atoms with Gasteiger partial charge in [-0.05, 0) is 30.7 Å². The van der Waals surface area contributed by atoms with Crippen LogP contribution in [0.3, 0.4) is 0 Å². The molecule has 2 aromatic rings. The Hall–Kier alpha value is -3.75. The minimum atomic E-state index is -0.833. The zero-order valence-corrected chi connectivity index (χ0v) is 15.3. The number of nitrogens with one attached hydrogen (secondary N) is 1. The van der Waals surface area contributed by atoms with Crippen LogP contribution in [0, 0.1) is 17.0 Å². The van der Waals surface area contributed by atoms with Crippen molar-refractivity contribution in [3.63, 3.8) is 0 Å². The van der Waals surface area contributed by atoms with Gasteiger partial charge in [0.1, 0.15) is 0 Å². The van der Waals surface area contributed by atoms with Crippen LogP contribution >= 0.6 is 0 Å². The lowest BCUT2D eigenvalue weighted by Gasteiger charge is -2.08. The van der Waals surface area contributed by atoms with Crippen molar-refractivity contribution in [2.24, 2.45) is 0 Å². The number of carbonyl (C=O) groups excluding carboxylic acids is 3. The zero-order valence-electron chi connectivity index (χ0n) is 15.3. The molecule has 0 aliphatic heterocycles. The number of nitro benzene ring substituents is 1. The second-order valence-electron chi connectivity index (χ2n) is 5.80. The lowest BCUT2D eigenvalue weighted by molar-refractivity contribution is -0.385. The highest BCUT2D eigenvalue weighted by Gasteiger charge is 2.16. The molecule has 28 heavy (non-hydrogen) atoms. The first kappa shape index (κ1) is 20.6. The normalized spacial score (nSPS) is 10.1. The lowest BCUT2D eigenvalue weighted by atomic mass is 10.1. The molecular weight excluding hydrogens is 368 g/mol. The fraction of sp³-hybridized carbons (Fsp3) is 0.211. The Morgan fingerprint density at radius 1 is 1.04 bits per heavy atom. The van der Waals surface area contributed by atoms with E-state index in [0.29, 0.717) is 11.1 Å². The third-order valence-corrected chi connectivity index (χ3v) is 3.84. The van der Waals surface area contributed by atoms with Crippen molar-refractivity contribution in [3.8, 4) is 0 Å².